The monoisotopic (exact) mass is 319 g/mol. The molecular formula is C11H21N5O4S. The van der Waals surface area contributed by atoms with Gasteiger partial charge in [0.2, 0.25) is 15.9 Å². The standard InChI is InChI=1S/C11H21N5O4S/c1-4-9-14-10(20-15-9)8-16(5-2)11(17)13-6-7-21(18,19)12-3/h12H,4-8H2,1-3H3,(H,13,17). The largest absolute Gasteiger partial charge is 0.337 e. The Kier molecular flexibility index (Phi) is 6.56. The second-order valence-corrected chi connectivity index (χ2v) is 6.27. The third-order valence-corrected chi connectivity index (χ3v) is 4.14. The molecule has 0 bridgehead atoms. The van der Waals surface area contributed by atoms with Crippen molar-refractivity contribution in [3.8, 4) is 0 Å². The first kappa shape index (κ1) is 17.4. The minimum atomic E-state index is -3.33. The molecule has 0 aliphatic heterocycles. The van der Waals surface area contributed by atoms with Gasteiger partial charge in [-0.25, -0.2) is 17.9 Å². The molecule has 1 aromatic heterocycles. The smallest absolute Gasteiger partial charge is 0.317 e. The Morgan fingerprint density at radius 2 is 2.10 bits per heavy atom. The van der Waals surface area contributed by atoms with Gasteiger partial charge < -0.3 is 14.7 Å². The summed E-state index contributed by atoms with van der Waals surface area (Å²) in [6.07, 6.45) is 0.656. The van der Waals surface area contributed by atoms with E-state index in [0.29, 0.717) is 24.7 Å². The number of carbonyl (C=O) groups is 1. The molecule has 120 valence electrons. The fourth-order valence-electron chi connectivity index (χ4n) is 1.49. The molecule has 0 atom stereocenters. The number of urea groups is 1. The van der Waals surface area contributed by atoms with Gasteiger partial charge in [0, 0.05) is 19.5 Å². The highest BCUT2D eigenvalue weighted by atomic mass is 32.2. The molecule has 0 fully saturated rings. The zero-order valence-corrected chi connectivity index (χ0v) is 13.2. The Balaban J connectivity index is 2.49. The fourth-order valence-corrected chi connectivity index (χ4v) is 2.07. The Labute approximate surface area is 124 Å². The molecule has 0 aliphatic carbocycles. The van der Waals surface area contributed by atoms with E-state index in [-0.39, 0.29) is 24.9 Å². The van der Waals surface area contributed by atoms with Gasteiger partial charge in [0.25, 0.3) is 0 Å². The van der Waals surface area contributed by atoms with E-state index in [1.165, 1.54) is 11.9 Å². The van der Waals surface area contributed by atoms with E-state index in [4.69, 9.17) is 4.52 Å². The van der Waals surface area contributed by atoms with E-state index in [2.05, 4.69) is 20.2 Å². The zero-order chi connectivity index (χ0) is 15.9. The quantitative estimate of drug-likeness (QED) is 0.680. The SMILES string of the molecule is CCc1noc(CN(CC)C(=O)NCCS(=O)(=O)NC)n1. The van der Waals surface area contributed by atoms with Crippen LogP contribution in [0.4, 0.5) is 4.79 Å². The maximum atomic E-state index is 11.9. The van der Waals surface area contributed by atoms with Crippen molar-refractivity contribution in [2.45, 2.75) is 26.8 Å². The lowest BCUT2D eigenvalue weighted by atomic mass is 10.4. The third kappa shape index (κ3) is 5.68. The van der Waals surface area contributed by atoms with Crippen molar-refractivity contribution in [2.24, 2.45) is 0 Å². The summed E-state index contributed by atoms with van der Waals surface area (Å²) in [5, 5.41) is 6.30. The maximum Gasteiger partial charge on any atom is 0.317 e. The second kappa shape index (κ2) is 7.93. The highest BCUT2D eigenvalue weighted by Gasteiger charge is 2.16. The topological polar surface area (TPSA) is 117 Å². The van der Waals surface area contributed by atoms with Crippen molar-refractivity contribution in [3.63, 3.8) is 0 Å². The van der Waals surface area contributed by atoms with E-state index < -0.39 is 10.0 Å². The number of carbonyl (C=O) groups excluding carboxylic acids is 1. The first-order chi connectivity index (χ1) is 9.91. The van der Waals surface area contributed by atoms with Crippen LogP contribution in [-0.4, -0.2) is 55.4 Å². The van der Waals surface area contributed by atoms with E-state index in [0.717, 1.165) is 0 Å². The summed E-state index contributed by atoms with van der Waals surface area (Å²) < 4.78 is 29.7. The third-order valence-electron chi connectivity index (χ3n) is 2.78. The van der Waals surface area contributed by atoms with Crippen LogP contribution in [-0.2, 0) is 23.0 Å². The molecule has 0 aliphatic rings. The van der Waals surface area contributed by atoms with Gasteiger partial charge in [0.05, 0.1) is 5.75 Å². The summed E-state index contributed by atoms with van der Waals surface area (Å²) in [6.45, 7) is 4.37. The Morgan fingerprint density at radius 3 is 2.62 bits per heavy atom. The summed E-state index contributed by atoms with van der Waals surface area (Å²) in [5.41, 5.74) is 0. The van der Waals surface area contributed by atoms with Crippen LogP contribution in [0.25, 0.3) is 0 Å². The number of aromatic nitrogens is 2. The van der Waals surface area contributed by atoms with Crippen molar-refractivity contribution in [1.29, 1.82) is 0 Å². The Morgan fingerprint density at radius 1 is 1.38 bits per heavy atom. The molecule has 1 heterocycles. The molecule has 21 heavy (non-hydrogen) atoms. The highest BCUT2D eigenvalue weighted by molar-refractivity contribution is 7.89. The van der Waals surface area contributed by atoms with Crippen LogP contribution >= 0.6 is 0 Å². The number of rotatable bonds is 8. The summed E-state index contributed by atoms with van der Waals surface area (Å²) >= 11 is 0. The van der Waals surface area contributed by atoms with Crippen molar-refractivity contribution in [1.82, 2.24) is 25.1 Å². The normalized spacial score (nSPS) is 11.4. The van der Waals surface area contributed by atoms with Crippen LogP contribution in [0.1, 0.15) is 25.6 Å². The van der Waals surface area contributed by atoms with Gasteiger partial charge in [0.15, 0.2) is 5.82 Å². The molecule has 10 heteroatoms. The average molecular weight is 319 g/mol. The molecular weight excluding hydrogens is 298 g/mol. The highest BCUT2D eigenvalue weighted by Crippen LogP contribution is 2.03. The molecule has 0 spiro atoms. The number of hydrogen-bond donors (Lipinski definition) is 2. The summed E-state index contributed by atoms with van der Waals surface area (Å²) in [7, 11) is -2.00. The molecule has 0 aromatic carbocycles. The van der Waals surface area contributed by atoms with E-state index in [9.17, 15) is 13.2 Å². The number of hydrogen-bond acceptors (Lipinski definition) is 6. The van der Waals surface area contributed by atoms with Crippen molar-refractivity contribution >= 4 is 16.1 Å². The Hall–Kier alpha value is -1.68. The Bertz CT molecular complexity index is 557. The van der Waals surface area contributed by atoms with Gasteiger partial charge in [-0.05, 0) is 14.0 Å². The van der Waals surface area contributed by atoms with E-state index in [1.807, 2.05) is 6.92 Å². The lowest BCUT2D eigenvalue weighted by Gasteiger charge is -2.19. The van der Waals surface area contributed by atoms with Gasteiger partial charge in [-0.1, -0.05) is 12.1 Å². The number of amides is 2. The molecule has 9 nitrogen and oxygen atoms in total. The second-order valence-electron chi connectivity index (χ2n) is 4.23. The molecule has 1 aromatic rings. The van der Waals surface area contributed by atoms with Crippen LogP contribution in [0.15, 0.2) is 4.52 Å². The lowest BCUT2D eigenvalue weighted by molar-refractivity contribution is 0.190. The minimum Gasteiger partial charge on any atom is -0.337 e. The van der Waals surface area contributed by atoms with Gasteiger partial charge in [-0.3, -0.25) is 0 Å². The number of nitrogens with zero attached hydrogens (tertiary/aromatic N) is 3. The minimum absolute atomic E-state index is 0.0303. The van der Waals surface area contributed by atoms with E-state index in [1.54, 1.807) is 6.92 Å². The van der Waals surface area contributed by atoms with Crippen molar-refractivity contribution < 1.29 is 17.7 Å². The molecule has 0 radical (unpaired) electrons. The van der Waals surface area contributed by atoms with Crippen LogP contribution in [0.2, 0.25) is 0 Å². The van der Waals surface area contributed by atoms with Crippen LogP contribution in [0.5, 0.6) is 0 Å². The fraction of sp³-hybridized carbons (Fsp3) is 0.727. The average Bonchev–Trinajstić information content (AvgIpc) is 2.92. The molecule has 2 amide bonds. The molecule has 1 rings (SSSR count). The number of sulfonamides is 1. The maximum absolute atomic E-state index is 11.9. The summed E-state index contributed by atoms with van der Waals surface area (Å²) in [4.78, 5) is 17.5. The van der Waals surface area contributed by atoms with Crippen LogP contribution in [0, 0.1) is 0 Å². The van der Waals surface area contributed by atoms with Gasteiger partial charge in [0.1, 0.15) is 6.54 Å². The molecule has 0 saturated heterocycles. The predicted molar refractivity (Wildman–Crippen MR) is 76.0 cm³/mol. The van der Waals surface area contributed by atoms with Crippen molar-refractivity contribution in [3.05, 3.63) is 11.7 Å². The predicted octanol–water partition coefficient (Wildman–Crippen LogP) is -0.287. The van der Waals surface area contributed by atoms with Crippen LogP contribution in [0.3, 0.4) is 0 Å². The van der Waals surface area contributed by atoms with E-state index >= 15 is 0 Å². The number of nitrogens with one attached hydrogen (secondary N) is 2. The molecule has 2 N–H and O–H groups in total. The summed E-state index contributed by atoms with van der Waals surface area (Å²) in [6, 6.07) is -0.375. The lowest BCUT2D eigenvalue weighted by Crippen LogP contribution is -2.42. The van der Waals surface area contributed by atoms with Gasteiger partial charge in [-0.15, -0.1) is 0 Å². The molecule has 0 saturated carbocycles. The first-order valence-electron chi connectivity index (χ1n) is 6.67. The number of aryl methyl sites for hydroxylation is 1. The van der Waals surface area contributed by atoms with Crippen LogP contribution < -0.4 is 10.0 Å². The van der Waals surface area contributed by atoms with Gasteiger partial charge in [-0.2, -0.15) is 4.98 Å². The zero-order valence-electron chi connectivity index (χ0n) is 12.4. The van der Waals surface area contributed by atoms with Crippen molar-refractivity contribution in [2.75, 3.05) is 25.9 Å². The first-order valence-corrected chi connectivity index (χ1v) is 8.32. The van der Waals surface area contributed by atoms with Gasteiger partial charge >= 0.3 is 6.03 Å². The summed E-state index contributed by atoms with van der Waals surface area (Å²) in [5.74, 6) is 0.765. The molecule has 0 unspecified atom stereocenters.